The fourth-order valence-corrected chi connectivity index (χ4v) is 2.85. The summed E-state index contributed by atoms with van der Waals surface area (Å²) in [7, 11) is 0. The fourth-order valence-electron chi connectivity index (χ4n) is 2.20. The number of nitrogens with one attached hydrogen (secondary N) is 2. The van der Waals surface area contributed by atoms with Crippen LogP contribution in [0.15, 0.2) is 52.7 Å². The van der Waals surface area contributed by atoms with E-state index in [0.717, 1.165) is 5.56 Å². The van der Waals surface area contributed by atoms with E-state index in [0.29, 0.717) is 27.5 Å². The Balaban J connectivity index is 1.78. The molecule has 1 aromatic heterocycles. The summed E-state index contributed by atoms with van der Waals surface area (Å²) >= 11 is 17.2. The van der Waals surface area contributed by atoms with E-state index in [2.05, 4.69) is 20.5 Å². The van der Waals surface area contributed by atoms with Crippen molar-refractivity contribution in [3.05, 3.63) is 58.1 Å². The first-order chi connectivity index (χ1) is 11.5. The molecule has 2 aromatic carbocycles. The van der Waals surface area contributed by atoms with Crippen LogP contribution in [0.3, 0.4) is 0 Å². The van der Waals surface area contributed by atoms with Crippen molar-refractivity contribution in [1.29, 1.82) is 0 Å². The molecule has 5 nitrogen and oxygen atoms in total. The number of hydrogen-bond acceptors (Lipinski definition) is 3. The normalized spacial score (nSPS) is 11.2. The highest BCUT2D eigenvalue weighted by atomic mass is 35.5. The van der Waals surface area contributed by atoms with Crippen LogP contribution >= 0.6 is 35.4 Å². The monoisotopic (exact) mass is 378 g/mol. The van der Waals surface area contributed by atoms with Crippen LogP contribution in [0, 0.1) is 0 Å². The third-order valence-electron chi connectivity index (χ3n) is 3.31. The van der Waals surface area contributed by atoms with Gasteiger partial charge in [0.2, 0.25) is 11.0 Å². The standard InChI is InChI=1S/C16H12Cl2N4OS/c17-10-6-11-13(12(18)7-10)20-15(23)14(11)21-22-16(24)19-8-9-4-2-1-3-5-9/h1-7,20,23H,8H2,(H,19,24). The zero-order chi connectivity index (χ0) is 17.1. The van der Waals surface area contributed by atoms with E-state index in [9.17, 15) is 5.11 Å². The average Bonchev–Trinajstić information content (AvgIpc) is 2.88. The number of fused-ring (bicyclic) bond motifs is 1. The van der Waals surface area contributed by atoms with E-state index in [1.54, 1.807) is 12.1 Å². The second kappa shape index (κ2) is 7.17. The Labute approximate surface area is 153 Å². The van der Waals surface area contributed by atoms with Crippen LogP contribution in [0.1, 0.15) is 5.56 Å². The molecule has 3 N–H and O–H groups in total. The van der Waals surface area contributed by atoms with Gasteiger partial charge in [0.25, 0.3) is 0 Å². The SMILES string of the molecule is Oc1[nH]c2c(Cl)cc(Cl)cc2c1N=NC(=S)NCc1ccccc1. The summed E-state index contributed by atoms with van der Waals surface area (Å²) in [6.07, 6.45) is 0. The Morgan fingerprint density at radius 2 is 1.96 bits per heavy atom. The molecule has 0 aliphatic carbocycles. The van der Waals surface area contributed by atoms with Crippen molar-refractivity contribution in [2.75, 3.05) is 0 Å². The van der Waals surface area contributed by atoms with Gasteiger partial charge in [-0.25, -0.2) is 0 Å². The van der Waals surface area contributed by atoms with Gasteiger partial charge in [0.05, 0.1) is 10.5 Å². The average molecular weight is 379 g/mol. The van der Waals surface area contributed by atoms with Crippen LogP contribution in [0.5, 0.6) is 5.88 Å². The van der Waals surface area contributed by atoms with E-state index in [1.165, 1.54) is 0 Å². The number of halogens is 2. The molecule has 8 heteroatoms. The molecule has 0 atom stereocenters. The van der Waals surface area contributed by atoms with Crippen molar-refractivity contribution in [2.24, 2.45) is 10.2 Å². The molecule has 0 saturated heterocycles. The summed E-state index contributed by atoms with van der Waals surface area (Å²) in [5, 5.41) is 22.5. The lowest BCUT2D eigenvalue weighted by molar-refractivity contribution is 0.459. The number of hydrogen-bond donors (Lipinski definition) is 3. The molecule has 0 aliphatic rings. The Morgan fingerprint density at radius 3 is 2.71 bits per heavy atom. The highest BCUT2D eigenvalue weighted by molar-refractivity contribution is 7.80. The summed E-state index contributed by atoms with van der Waals surface area (Å²) in [6, 6.07) is 13.0. The molecular formula is C16H12Cl2N4OS. The largest absolute Gasteiger partial charge is 0.493 e. The summed E-state index contributed by atoms with van der Waals surface area (Å²) in [4.78, 5) is 2.75. The van der Waals surface area contributed by atoms with Crippen LogP contribution in [0.2, 0.25) is 10.0 Å². The highest BCUT2D eigenvalue weighted by Gasteiger charge is 2.14. The second-order valence-electron chi connectivity index (χ2n) is 4.98. The molecule has 0 radical (unpaired) electrons. The molecule has 3 aromatic rings. The zero-order valence-electron chi connectivity index (χ0n) is 12.3. The number of aromatic hydroxyl groups is 1. The third-order valence-corrected chi connectivity index (χ3v) is 4.05. The Morgan fingerprint density at radius 1 is 1.21 bits per heavy atom. The van der Waals surface area contributed by atoms with Gasteiger partial charge in [0, 0.05) is 17.0 Å². The number of benzene rings is 2. The molecule has 0 saturated carbocycles. The molecule has 0 spiro atoms. The van der Waals surface area contributed by atoms with E-state index < -0.39 is 0 Å². The molecular weight excluding hydrogens is 367 g/mol. The van der Waals surface area contributed by atoms with Gasteiger partial charge in [0.1, 0.15) is 0 Å². The van der Waals surface area contributed by atoms with E-state index >= 15 is 0 Å². The predicted molar refractivity (Wildman–Crippen MR) is 100 cm³/mol. The molecule has 0 aliphatic heterocycles. The molecule has 0 bridgehead atoms. The zero-order valence-corrected chi connectivity index (χ0v) is 14.6. The van der Waals surface area contributed by atoms with Crippen LogP contribution in [0.25, 0.3) is 10.9 Å². The van der Waals surface area contributed by atoms with Crippen LogP contribution in [-0.4, -0.2) is 15.2 Å². The van der Waals surface area contributed by atoms with Gasteiger partial charge < -0.3 is 15.4 Å². The van der Waals surface area contributed by atoms with Gasteiger partial charge in [-0.15, -0.1) is 10.2 Å². The van der Waals surface area contributed by atoms with Gasteiger partial charge in [-0.1, -0.05) is 53.5 Å². The first-order valence-corrected chi connectivity index (χ1v) is 8.14. The van der Waals surface area contributed by atoms with Crippen molar-refractivity contribution in [3.63, 3.8) is 0 Å². The number of nitrogens with zero attached hydrogens (tertiary/aromatic N) is 2. The van der Waals surface area contributed by atoms with Gasteiger partial charge in [0.15, 0.2) is 5.69 Å². The Kier molecular flexibility index (Phi) is 4.99. The van der Waals surface area contributed by atoms with Crippen LogP contribution in [0.4, 0.5) is 5.69 Å². The maximum atomic E-state index is 10.00. The van der Waals surface area contributed by atoms with Gasteiger partial charge in [-0.2, -0.15) is 0 Å². The molecule has 0 unspecified atom stereocenters. The number of azo groups is 1. The van der Waals surface area contributed by atoms with Crippen LogP contribution in [-0.2, 0) is 6.54 Å². The van der Waals surface area contributed by atoms with Gasteiger partial charge >= 0.3 is 0 Å². The fraction of sp³-hybridized carbons (Fsp3) is 0.0625. The number of aromatic amines is 1. The maximum Gasteiger partial charge on any atom is 0.218 e. The lowest BCUT2D eigenvalue weighted by Gasteiger charge is -2.02. The minimum absolute atomic E-state index is 0.149. The summed E-state index contributed by atoms with van der Waals surface area (Å²) in [5.41, 5.74) is 1.84. The van der Waals surface area contributed by atoms with Gasteiger partial charge in [-0.05, 0) is 29.9 Å². The van der Waals surface area contributed by atoms with E-state index in [1.807, 2.05) is 30.3 Å². The quantitative estimate of drug-likeness (QED) is 0.425. The number of rotatable bonds is 3. The minimum Gasteiger partial charge on any atom is -0.493 e. The lowest BCUT2D eigenvalue weighted by atomic mass is 10.2. The number of aromatic nitrogens is 1. The second-order valence-corrected chi connectivity index (χ2v) is 6.21. The molecule has 1 heterocycles. The summed E-state index contributed by atoms with van der Waals surface area (Å²) in [5.74, 6) is -0.149. The first-order valence-electron chi connectivity index (χ1n) is 6.98. The molecule has 3 rings (SSSR count). The molecule has 0 amide bonds. The van der Waals surface area contributed by atoms with Crippen molar-refractivity contribution < 1.29 is 5.11 Å². The maximum absolute atomic E-state index is 10.00. The summed E-state index contributed by atoms with van der Waals surface area (Å²) < 4.78 is 0. The van der Waals surface area contributed by atoms with Crippen LogP contribution < -0.4 is 5.32 Å². The molecule has 24 heavy (non-hydrogen) atoms. The highest BCUT2D eigenvalue weighted by Crippen LogP contribution is 2.40. The van der Waals surface area contributed by atoms with E-state index in [4.69, 9.17) is 35.4 Å². The van der Waals surface area contributed by atoms with Crippen molar-refractivity contribution in [2.45, 2.75) is 6.54 Å². The predicted octanol–water partition coefficient (Wildman–Crippen LogP) is 5.34. The van der Waals surface area contributed by atoms with Crippen molar-refractivity contribution >= 4 is 57.1 Å². The van der Waals surface area contributed by atoms with E-state index in [-0.39, 0.29) is 16.7 Å². The number of H-pyrrole nitrogens is 1. The van der Waals surface area contributed by atoms with Crippen molar-refractivity contribution in [3.8, 4) is 5.88 Å². The smallest absolute Gasteiger partial charge is 0.218 e. The topological polar surface area (TPSA) is 72.8 Å². The first kappa shape index (κ1) is 16.7. The minimum atomic E-state index is -0.149. The molecule has 0 fully saturated rings. The number of thiocarbonyl (C=S) groups is 1. The Hall–Kier alpha value is -2.15. The lowest BCUT2D eigenvalue weighted by Crippen LogP contribution is -2.18. The Bertz CT molecular complexity index is 925. The third kappa shape index (κ3) is 3.67. The summed E-state index contributed by atoms with van der Waals surface area (Å²) in [6.45, 7) is 0.538. The van der Waals surface area contributed by atoms with Gasteiger partial charge in [-0.3, -0.25) is 0 Å². The molecule has 122 valence electrons. The van der Waals surface area contributed by atoms with Crippen molar-refractivity contribution in [1.82, 2.24) is 10.3 Å².